The standard InChI is InChI=1S/C13H20ClIN4O3/c1-13(2,3)22-12(20)18-8(7-21-4)5-16-9-6-17-11(15)10(14)19-9/h6,8H,5,7H2,1-4H3,(H,16,19)(H,18,20)/t8-/m1/s1. The van der Waals surface area contributed by atoms with Crippen LogP contribution in [0.3, 0.4) is 0 Å². The number of carbonyl (C=O) groups excluding carboxylic acids is 1. The van der Waals surface area contributed by atoms with E-state index in [9.17, 15) is 4.79 Å². The van der Waals surface area contributed by atoms with Gasteiger partial charge in [-0.15, -0.1) is 0 Å². The van der Waals surface area contributed by atoms with Crippen LogP contribution in [0.4, 0.5) is 10.6 Å². The Labute approximate surface area is 148 Å². The summed E-state index contributed by atoms with van der Waals surface area (Å²) in [4.78, 5) is 20.0. The highest BCUT2D eigenvalue weighted by Gasteiger charge is 2.19. The van der Waals surface area contributed by atoms with E-state index in [0.717, 1.165) is 0 Å². The van der Waals surface area contributed by atoms with E-state index in [0.29, 0.717) is 27.8 Å². The molecule has 0 aromatic carbocycles. The van der Waals surface area contributed by atoms with Crippen molar-refractivity contribution in [1.29, 1.82) is 0 Å². The van der Waals surface area contributed by atoms with Gasteiger partial charge in [-0.2, -0.15) is 0 Å². The number of hydrogen-bond donors (Lipinski definition) is 2. The highest BCUT2D eigenvalue weighted by molar-refractivity contribution is 14.1. The van der Waals surface area contributed by atoms with Gasteiger partial charge in [-0.3, -0.25) is 0 Å². The lowest BCUT2D eigenvalue weighted by Crippen LogP contribution is -2.45. The van der Waals surface area contributed by atoms with Crippen LogP contribution in [0.25, 0.3) is 0 Å². The maximum Gasteiger partial charge on any atom is 0.408 e. The van der Waals surface area contributed by atoms with Gasteiger partial charge in [0.2, 0.25) is 0 Å². The van der Waals surface area contributed by atoms with E-state index in [4.69, 9.17) is 21.1 Å². The van der Waals surface area contributed by atoms with Crippen molar-refractivity contribution in [3.8, 4) is 0 Å². The van der Waals surface area contributed by atoms with Gasteiger partial charge in [0.05, 0.1) is 18.8 Å². The number of amides is 1. The second-order valence-corrected chi connectivity index (χ2v) is 6.90. The minimum atomic E-state index is -0.551. The molecule has 0 fully saturated rings. The summed E-state index contributed by atoms with van der Waals surface area (Å²) in [7, 11) is 1.56. The van der Waals surface area contributed by atoms with Crippen molar-refractivity contribution in [2.45, 2.75) is 32.4 Å². The summed E-state index contributed by atoms with van der Waals surface area (Å²) in [5.74, 6) is 0.525. The largest absolute Gasteiger partial charge is 0.444 e. The number of ether oxygens (including phenoxy) is 2. The Morgan fingerprint density at radius 3 is 2.73 bits per heavy atom. The quantitative estimate of drug-likeness (QED) is 0.659. The molecular weight excluding hydrogens is 423 g/mol. The molecule has 7 nitrogen and oxygen atoms in total. The van der Waals surface area contributed by atoms with Crippen LogP contribution < -0.4 is 10.6 Å². The van der Waals surface area contributed by atoms with Gasteiger partial charge in [-0.1, -0.05) is 11.6 Å². The molecule has 0 saturated carbocycles. The number of nitrogens with zero attached hydrogens (tertiary/aromatic N) is 2. The van der Waals surface area contributed by atoms with Crippen LogP contribution in [0.2, 0.25) is 5.15 Å². The molecule has 1 aromatic rings. The zero-order valence-corrected chi connectivity index (χ0v) is 15.9. The van der Waals surface area contributed by atoms with E-state index < -0.39 is 11.7 Å². The van der Waals surface area contributed by atoms with Gasteiger partial charge in [-0.25, -0.2) is 14.8 Å². The molecule has 22 heavy (non-hydrogen) atoms. The summed E-state index contributed by atoms with van der Waals surface area (Å²) >= 11 is 7.91. The number of halogens is 2. The van der Waals surface area contributed by atoms with Crippen LogP contribution in [0.15, 0.2) is 6.20 Å². The molecule has 1 atom stereocenters. The Morgan fingerprint density at radius 1 is 1.50 bits per heavy atom. The second-order valence-electron chi connectivity index (χ2n) is 5.52. The Morgan fingerprint density at radius 2 is 2.18 bits per heavy atom. The van der Waals surface area contributed by atoms with Gasteiger partial charge in [-0.05, 0) is 43.4 Å². The predicted molar refractivity (Wildman–Crippen MR) is 93.3 cm³/mol. The normalized spacial score (nSPS) is 12.6. The molecule has 9 heteroatoms. The number of rotatable bonds is 6. The monoisotopic (exact) mass is 442 g/mol. The molecule has 0 radical (unpaired) electrons. The molecule has 0 aliphatic carbocycles. The number of alkyl carbamates (subject to hydrolysis) is 1. The predicted octanol–water partition coefficient (Wildman–Crippen LogP) is 2.69. The van der Waals surface area contributed by atoms with Crippen molar-refractivity contribution < 1.29 is 14.3 Å². The van der Waals surface area contributed by atoms with Crippen molar-refractivity contribution in [2.24, 2.45) is 0 Å². The molecule has 0 unspecified atom stereocenters. The van der Waals surface area contributed by atoms with Crippen LogP contribution in [0.5, 0.6) is 0 Å². The van der Waals surface area contributed by atoms with Crippen molar-refractivity contribution in [3.63, 3.8) is 0 Å². The topological polar surface area (TPSA) is 85.4 Å². The lowest BCUT2D eigenvalue weighted by atomic mass is 10.2. The molecule has 0 aliphatic rings. The summed E-state index contributed by atoms with van der Waals surface area (Å²) in [5.41, 5.74) is -0.551. The molecule has 0 bridgehead atoms. The summed E-state index contributed by atoms with van der Waals surface area (Å²) in [5, 5.41) is 6.12. The van der Waals surface area contributed by atoms with Gasteiger partial charge in [0.25, 0.3) is 0 Å². The van der Waals surface area contributed by atoms with E-state index in [1.54, 1.807) is 34.1 Å². The number of carbonyl (C=O) groups is 1. The zero-order chi connectivity index (χ0) is 16.8. The van der Waals surface area contributed by atoms with Gasteiger partial charge >= 0.3 is 6.09 Å². The molecule has 1 heterocycles. The van der Waals surface area contributed by atoms with Crippen molar-refractivity contribution in [1.82, 2.24) is 15.3 Å². The lowest BCUT2D eigenvalue weighted by Gasteiger charge is -2.23. The van der Waals surface area contributed by atoms with E-state index in [1.807, 2.05) is 22.6 Å². The number of hydrogen-bond acceptors (Lipinski definition) is 6. The van der Waals surface area contributed by atoms with Crippen molar-refractivity contribution in [3.05, 3.63) is 15.1 Å². The van der Waals surface area contributed by atoms with Crippen molar-refractivity contribution in [2.75, 3.05) is 25.6 Å². The zero-order valence-electron chi connectivity index (χ0n) is 12.9. The highest BCUT2D eigenvalue weighted by atomic mass is 127. The summed E-state index contributed by atoms with van der Waals surface area (Å²) < 4.78 is 10.9. The maximum atomic E-state index is 11.8. The van der Waals surface area contributed by atoms with Gasteiger partial charge in [0, 0.05) is 13.7 Å². The van der Waals surface area contributed by atoms with Gasteiger partial charge in [0.15, 0.2) is 5.15 Å². The average Bonchev–Trinajstić information content (AvgIpc) is 2.38. The minimum absolute atomic E-state index is 0.278. The number of anilines is 1. The molecule has 0 saturated heterocycles. The van der Waals surface area contributed by atoms with Gasteiger partial charge < -0.3 is 20.1 Å². The minimum Gasteiger partial charge on any atom is -0.444 e. The number of aromatic nitrogens is 2. The van der Waals surface area contributed by atoms with Crippen LogP contribution in [0, 0.1) is 3.70 Å². The Balaban J connectivity index is 2.56. The van der Waals surface area contributed by atoms with Crippen LogP contribution in [-0.4, -0.2) is 48.0 Å². The molecule has 2 N–H and O–H groups in total. The Bertz CT molecular complexity index is 511. The number of methoxy groups -OCH3 is 1. The number of nitrogens with one attached hydrogen (secondary N) is 2. The van der Waals surface area contributed by atoms with E-state index >= 15 is 0 Å². The fourth-order valence-corrected chi connectivity index (χ4v) is 1.89. The van der Waals surface area contributed by atoms with Crippen molar-refractivity contribution >= 4 is 46.1 Å². The molecule has 1 amide bonds. The molecule has 0 aliphatic heterocycles. The lowest BCUT2D eigenvalue weighted by molar-refractivity contribution is 0.0474. The fourth-order valence-electron chi connectivity index (χ4n) is 1.49. The molecule has 1 aromatic heterocycles. The van der Waals surface area contributed by atoms with E-state index in [-0.39, 0.29) is 6.04 Å². The SMILES string of the molecule is COC[C@@H](CNc1cnc(I)c(Cl)n1)NC(=O)OC(C)(C)C. The maximum absolute atomic E-state index is 11.8. The summed E-state index contributed by atoms with van der Waals surface area (Å²) in [6, 6.07) is -0.278. The summed E-state index contributed by atoms with van der Waals surface area (Å²) in [6.45, 7) is 6.15. The second kappa shape index (κ2) is 8.68. The van der Waals surface area contributed by atoms with Crippen LogP contribution in [-0.2, 0) is 9.47 Å². The Kier molecular flexibility index (Phi) is 7.57. The van der Waals surface area contributed by atoms with Crippen LogP contribution in [0.1, 0.15) is 20.8 Å². The molecular formula is C13H20ClIN4O3. The molecule has 0 spiro atoms. The summed E-state index contributed by atoms with van der Waals surface area (Å²) in [6.07, 6.45) is 1.08. The van der Waals surface area contributed by atoms with E-state index in [1.165, 1.54) is 0 Å². The third-order valence-electron chi connectivity index (χ3n) is 2.31. The van der Waals surface area contributed by atoms with Gasteiger partial charge in [0.1, 0.15) is 15.1 Å². The third-order valence-corrected chi connectivity index (χ3v) is 3.68. The highest BCUT2D eigenvalue weighted by Crippen LogP contribution is 2.15. The van der Waals surface area contributed by atoms with E-state index in [2.05, 4.69) is 20.6 Å². The smallest absolute Gasteiger partial charge is 0.408 e. The molecule has 1 rings (SSSR count). The first-order valence-corrected chi connectivity index (χ1v) is 8.07. The Hall–Kier alpha value is -0.870. The van der Waals surface area contributed by atoms with Crippen LogP contribution >= 0.6 is 34.2 Å². The first-order chi connectivity index (χ1) is 10.2. The fraction of sp³-hybridized carbons (Fsp3) is 0.615. The first kappa shape index (κ1) is 19.2. The average molecular weight is 443 g/mol. The third kappa shape index (κ3) is 7.41. The first-order valence-electron chi connectivity index (χ1n) is 6.61. The molecule has 124 valence electrons.